The summed E-state index contributed by atoms with van der Waals surface area (Å²) in [6.45, 7) is 0. The van der Waals surface area contributed by atoms with Crippen molar-refractivity contribution in [1.82, 2.24) is 10.5 Å². The van der Waals surface area contributed by atoms with Crippen LogP contribution >= 0.6 is 11.3 Å². The third-order valence-electron chi connectivity index (χ3n) is 4.66. The molecule has 0 aliphatic carbocycles. The van der Waals surface area contributed by atoms with Crippen LogP contribution in [0.5, 0.6) is 0 Å². The highest BCUT2D eigenvalue weighted by Gasteiger charge is 2.24. The van der Waals surface area contributed by atoms with Crippen LogP contribution in [-0.2, 0) is 4.84 Å². The first-order chi connectivity index (χ1) is 13.7. The Bertz CT molecular complexity index is 1180. The highest BCUT2D eigenvalue weighted by Crippen LogP contribution is 2.43. The number of hydrogen-bond donors (Lipinski definition) is 1. The van der Waals surface area contributed by atoms with Crippen molar-refractivity contribution in [3.05, 3.63) is 95.0 Å². The van der Waals surface area contributed by atoms with Gasteiger partial charge in [-0.2, -0.15) is 0 Å². The highest BCUT2D eigenvalue weighted by molar-refractivity contribution is 7.20. The minimum absolute atomic E-state index is 0.277. The Morgan fingerprint density at radius 3 is 2.39 bits per heavy atom. The van der Waals surface area contributed by atoms with E-state index in [1.165, 1.54) is 24.3 Å². The second-order valence-corrected chi connectivity index (χ2v) is 7.44. The highest BCUT2D eigenvalue weighted by atomic mass is 32.1. The number of nitrogens with one attached hydrogen (secondary N) is 1. The molecule has 0 bridgehead atoms. The molecule has 3 nitrogen and oxygen atoms in total. The molecule has 2 aromatic heterocycles. The topological polar surface area (TPSA) is 34.1 Å². The van der Waals surface area contributed by atoms with Crippen molar-refractivity contribution >= 4 is 27.3 Å². The number of benzene rings is 2. The summed E-state index contributed by atoms with van der Waals surface area (Å²) in [5.41, 5.74) is 6.55. The molecule has 1 atom stereocenters. The number of halogens is 2. The lowest BCUT2D eigenvalue weighted by Gasteiger charge is -2.08. The molecule has 0 spiro atoms. The molecule has 6 heteroatoms. The lowest BCUT2D eigenvalue weighted by molar-refractivity contribution is 0.0512. The van der Waals surface area contributed by atoms with E-state index in [2.05, 4.69) is 10.5 Å². The minimum atomic E-state index is -0.324. The molecule has 28 heavy (non-hydrogen) atoms. The van der Waals surface area contributed by atoms with Crippen molar-refractivity contribution in [2.75, 3.05) is 0 Å². The van der Waals surface area contributed by atoms with E-state index in [1.807, 2.05) is 18.2 Å². The lowest BCUT2D eigenvalue weighted by Crippen LogP contribution is -2.07. The first-order valence-corrected chi connectivity index (χ1v) is 9.53. The summed E-state index contributed by atoms with van der Waals surface area (Å²) >= 11 is 1.54. The van der Waals surface area contributed by atoms with E-state index >= 15 is 0 Å². The zero-order chi connectivity index (χ0) is 19.1. The fourth-order valence-electron chi connectivity index (χ4n) is 3.31. The summed E-state index contributed by atoms with van der Waals surface area (Å²) in [4.78, 5) is 12.0. The average Bonchev–Trinajstić information content (AvgIpc) is 3.34. The molecule has 1 N–H and O–H groups in total. The molecular weight excluding hydrogens is 378 g/mol. The Hall–Kier alpha value is -3.09. The van der Waals surface area contributed by atoms with Crippen LogP contribution in [0.25, 0.3) is 27.0 Å². The molecule has 3 heterocycles. The molecule has 0 radical (unpaired) electrons. The summed E-state index contributed by atoms with van der Waals surface area (Å²) in [6.07, 6.45) is 3.39. The quantitative estimate of drug-likeness (QED) is 0.474. The van der Waals surface area contributed by atoms with Crippen LogP contribution in [0.1, 0.15) is 16.5 Å². The smallest absolute Gasteiger partial charge is 0.131 e. The van der Waals surface area contributed by atoms with Gasteiger partial charge in [0.25, 0.3) is 0 Å². The van der Waals surface area contributed by atoms with Crippen LogP contribution in [-0.4, -0.2) is 4.98 Å². The number of hydroxylamine groups is 1. The number of aromatic nitrogens is 1. The molecule has 1 unspecified atom stereocenters. The molecule has 0 saturated carbocycles. The van der Waals surface area contributed by atoms with E-state index in [-0.39, 0.29) is 17.7 Å². The van der Waals surface area contributed by atoms with E-state index in [4.69, 9.17) is 4.84 Å². The zero-order valence-electron chi connectivity index (χ0n) is 14.5. The van der Waals surface area contributed by atoms with Crippen LogP contribution in [0, 0.1) is 11.6 Å². The number of hydrogen-bond acceptors (Lipinski definition) is 4. The fraction of sp³-hybridized carbons (Fsp3) is 0.0455. The molecule has 0 fully saturated rings. The zero-order valence-corrected chi connectivity index (χ0v) is 15.3. The largest absolute Gasteiger partial charge is 0.265 e. The Labute approximate surface area is 163 Å². The van der Waals surface area contributed by atoms with E-state index in [1.54, 1.807) is 41.8 Å². The van der Waals surface area contributed by atoms with Gasteiger partial charge in [0, 0.05) is 17.1 Å². The predicted octanol–water partition coefficient (Wildman–Crippen LogP) is 5.86. The van der Waals surface area contributed by atoms with Crippen LogP contribution in [0.15, 0.2) is 72.9 Å². The monoisotopic (exact) mass is 392 g/mol. The van der Waals surface area contributed by atoms with E-state index < -0.39 is 0 Å². The van der Waals surface area contributed by atoms with Gasteiger partial charge < -0.3 is 0 Å². The van der Waals surface area contributed by atoms with Gasteiger partial charge in [-0.3, -0.25) is 10.3 Å². The summed E-state index contributed by atoms with van der Waals surface area (Å²) in [5.74, 6) is -0.561. The molecule has 1 aliphatic rings. The van der Waals surface area contributed by atoms with Crippen molar-refractivity contribution in [2.24, 2.45) is 0 Å². The van der Waals surface area contributed by atoms with Crippen molar-refractivity contribution < 1.29 is 13.6 Å². The second-order valence-electron chi connectivity index (χ2n) is 6.44. The van der Waals surface area contributed by atoms with Crippen molar-refractivity contribution in [2.45, 2.75) is 6.10 Å². The summed E-state index contributed by atoms with van der Waals surface area (Å²) in [7, 11) is 0. The summed E-state index contributed by atoms with van der Waals surface area (Å²) in [5, 5.41) is 1.00. The van der Waals surface area contributed by atoms with Gasteiger partial charge in [-0.15, -0.1) is 11.3 Å². The first kappa shape index (κ1) is 17.0. The van der Waals surface area contributed by atoms with Gasteiger partial charge in [-0.25, -0.2) is 13.8 Å². The van der Waals surface area contributed by atoms with Crippen LogP contribution in [0.4, 0.5) is 8.78 Å². The van der Waals surface area contributed by atoms with Crippen molar-refractivity contribution in [1.29, 1.82) is 0 Å². The van der Waals surface area contributed by atoms with Crippen LogP contribution in [0.3, 0.4) is 0 Å². The Kier molecular flexibility index (Phi) is 4.15. The number of fused-ring (bicyclic) bond motifs is 1. The number of pyridine rings is 1. The summed E-state index contributed by atoms with van der Waals surface area (Å²) in [6, 6.07) is 16.6. The third-order valence-corrected chi connectivity index (χ3v) is 5.80. The van der Waals surface area contributed by atoms with Gasteiger partial charge in [0.15, 0.2) is 0 Å². The first-order valence-electron chi connectivity index (χ1n) is 8.72. The van der Waals surface area contributed by atoms with Gasteiger partial charge in [-0.1, -0.05) is 24.3 Å². The maximum atomic E-state index is 13.4. The Morgan fingerprint density at radius 2 is 1.64 bits per heavy atom. The second kappa shape index (κ2) is 6.82. The third kappa shape index (κ3) is 2.96. The molecule has 138 valence electrons. The van der Waals surface area contributed by atoms with Crippen LogP contribution < -0.4 is 5.48 Å². The predicted molar refractivity (Wildman–Crippen MR) is 106 cm³/mol. The molecule has 0 saturated heterocycles. The molecule has 4 aromatic rings. The van der Waals surface area contributed by atoms with Gasteiger partial charge >= 0.3 is 0 Å². The van der Waals surface area contributed by atoms with Crippen molar-refractivity contribution in [3.8, 4) is 11.1 Å². The number of thiophene rings is 1. The van der Waals surface area contributed by atoms with Crippen molar-refractivity contribution in [3.63, 3.8) is 0 Å². The Morgan fingerprint density at radius 1 is 0.929 bits per heavy atom. The Balaban J connectivity index is 1.63. The SMILES string of the molecule is Fc1ccc(-c2c(C3=CC(c4ccc(F)cc4)ON3)sc3ncccc23)cc1. The van der Waals surface area contributed by atoms with Gasteiger partial charge in [0.1, 0.15) is 22.6 Å². The van der Waals surface area contributed by atoms with E-state index in [0.29, 0.717) is 0 Å². The van der Waals surface area contributed by atoms with Gasteiger partial charge in [0.2, 0.25) is 0 Å². The van der Waals surface area contributed by atoms with Gasteiger partial charge in [0.05, 0.1) is 10.6 Å². The normalized spacial score (nSPS) is 16.2. The fourth-order valence-corrected chi connectivity index (χ4v) is 4.45. The maximum absolute atomic E-state index is 13.4. The minimum Gasteiger partial charge on any atom is -0.265 e. The standard InChI is InChI=1S/C22H14F2N2OS/c23-15-7-3-13(4-8-15)19-12-18(26-27-19)21-20(14-5-9-16(24)10-6-14)17-2-1-11-25-22(17)28-21/h1-12,19,26H. The number of rotatable bonds is 3. The number of nitrogens with zero attached hydrogens (tertiary/aromatic N) is 1. The molecular formula is C22H14F2N2OS. The maximum Gasteiger partial charge on any atom is 0.131 e. The molecule has 1 aliphatic heterocycles. The average molecular weight is 392 g/mol. The molecule has 0 amide bonds. The molecule has 2 aromatic carbocycles. The molecule has 5 rings (SSSR count). The summed E-state index contributed by atoms with van der Waals surface area (Å²) < 4.78 is 26.6. The lowest BCUT2D eigenvalue weighted by atomic mass is 10.0. The van der Waals surface area contributed by atoms with E-state index in [0.717, 1.165) is 37.5 Å². The van der Waals surface area contributed by atoms with E-state index in [9.17, 15) is 8.78 Å². The van der Waals surface area contributed by atoms with Crippen LogP contribution in [0.2, 0.25) is 0 Å². The van der Waals surface area contributed by atoms with Gasteiger partial charge in [-0.05, 0) is 53.6 Å².